The molecular formula is C20H24N2O3S. The summed E-state index contributed by atoms with van der Waals surface area (Å²) in [6, 6.07) is 7.57. The molecule has 1 aliphatic heterocycles. The third kappa shape index (κ3) is 3.75. The Morgan fingerprint density at radius 1 is 1.04 bits per heavy atom. The maximum Gasteiger partial charge on any atom is 0.264 e. The quantitative estimate of drug-likeness (QED) is 0.827. The van der Waals surface area contributed by atoms with Gasteiger partial charge in [0.25, 0.3) is 11.8 Å². The highest BCUT2D eigenvalue weighted by Gasteiger charge is 2.26. The minimum atomic E-state index is 0.0249. The SMILES string of the molecule is CCOc1cc(C)c(C(=O)N2CCN(C(=O)c3cccs3)CC2)cc1C. The van der Waals surface area contributed by atoms with Gasteiger partial charge in [0.2, 0.25) is 0 Å². The molecule has 6 heteroatoms. The van der Waals surface area contributed by atoms with Gasteiger partial charge in [0, 0.05) is 31.7 Å². The average Bonchev–Trinajstić information content (AvgIpc) is 3.18. The van der Waals surface area contributed by atoms with Gasteiger partial charge in [0.05, 0.1) is 11.5 Å². The highest BCUT2D eigenvalue weighted by Crippen LogP contribution is 2.24. The van der Waals surface area contributed by atoms with E-state index in [2.05, 4.69) is 0 Å². The Morgan fingerprint density at radius 2 is 1.69 bits per heavy atom. The van der Waals surface area contributed by atoms with E-state index in [1.165, 1.54) is 11.3 Å². The van der Waals surface area contributed by atoms with Crippen LogP contribution < -0.4 is 4.74 Å². The summed E-state index contributed by atoms with van der Waals surface area (Å²) in [6.07, 6.45) is 0. The van der Waals surface area contributed by atoms with E-state index >= 15 is 0 Å². The summed E-state index contributed by atoms with van der Waals surface area (Å²) in [5.74, 6) is 0.907. The molecule has 0 bridgehead atoms. The number of carbonyl (C=O) groups is 2. The second-order valence-corrected chi connectivity index (χ2v) is 7.38. The van der Waals surface area contributed by atoms with E-state index in [1.54, 1.807) is 0 Å². The summed E-state index contributed by atoms with van der Waals surface area (Å²) in [5.41, 5.74) is 2.59. The van der Waals surface area contributed by atoms with Crippen LogP contribution in [0.2, 0.25) is 0 Å². The molecule has 0 radical (unpaired) electrons. The lowest BCUT2D eigenvalue weighted by atomic mass is 10.0. The Bertz CT molecular complexity index is 794. The lowest BCUT2D eigenvalue weighted by Crippen LogP contribution is -2.50. The number of rotatable bonds is 4. The Hall–Kier alpha value is -2.34. The van der Waals surface area contributed by atoms with Crippen molar-refractivity contribution in [3.63, 3.8) is 0 Å². The first-order chi connectivity index (χ1) is 12.5. The first kappa shape index (κ1) is 18.5. The number of amides is 2. The number of hydrogen-bond acceptors (Lipinski definition) is 4. The third-order valence-corrected chi connectivity index (χ3v) is 5.50. The smallest absolute Gasteiger partial charge is 0.264 e. The van der Waals surface area contributed by atoms with Crippen LogP contribution in [-0.4, -0.2) is 54.4 Å². The maximum atomic E-state index is 12.9. The van der Waals surface area contributed by atoms with Gasteiger partial charge in [-0.25, -0.2) is 0 Å². The minimum Gasteiger partial charge on any atom is -0.494 e. The summed E-state index contributed by atoms with van der Waals surface area (Å²) in [4.78, 5) is 29.8. The molecule has 138 valence electrons. The highest BCUT2D eigenvalue weighted by molar-refractivity contribution is 7.12. The van der Waals surface area contributed by atoms with E-state index in [-0.39, 0.29) is 11.8 Å². The van der Waals surface area contributed by atoms with Crippen LogP contribution in [0.1, 0.15) is 38.1 Å². The summed E-state index contributed by atoms with van der Waals surface area (Å²) in [5, 5.41) is 1.91. The van der Waals surface area contributed by atoms with Crippen LogP contribution in [0, 0.1) is 13.8 Å². The maximum absolute atomic E-state index is 12.9. The van der Waals surface area contributed by atoms with Crippen LogP contribution in [0.15, 0.2) is 29.6 Å². The fourth-order valence-electron chi connectivity index (χ4n) is 3.17. The zero-order valence-corrected chi connectivity index (χ0v) is 16.3. The molecule has 2 amide bonds. The van der Waals surface area contributed by atoms with Crippen molar-refractivity contribution in [2.75, 3.05) is 32.8 Å². The van der Waals surface area contributed by atoms with Gasteiger partial charge in [-0.1, -0.05) is 6.07 Å². The molecule has 0 spiro atoms. The van der Waals surface area contributed by atoms with Crippen molar-refractivity contribution < 1.29 is 14.3 Å². The number of aryl methyl sites for hydroxylation is 2. The van der Waals surface area contributed by atoms with E-state index in [9.17, 15) is 9.59 Å². The molecule has 2 aromatic rings. The second-order valence-electron chi connectivity index (χ2n) is 6.43. The number of benzene rings is 1. The van der Waals surface area contributed by atoms with E-state index in [0.29, 0.717) is 38.3 Å². The lowest BCUT2D eigenvalue weighted by Gasteiger charge is -2.35. The number of ether oxygens (including phenoxy) is 1. The van der Waals surface area contributed by atoms with Crippen LogP contribution in [0.5, 0.6) is 5.75 Å². The van der Waals surface area contributed by atoms with Crippen molar-refractivity contribution in [2.24, 2.45) is 0 Å². The standard InChI is InChI=1S/C20H24N2O3S/c1-4-25-17-13-14(2)16(12-15(17)3)19(23)21-7-9-22(10-8-21)20(24)18-6-5-11-26-18/h5-6,11-13H,4,7-10H2,1-3H3. The third-order valence-electron chi connectivity index (χ3n) is 4.64. The molecule has 0 aliphatic carbocycles. The molecule has 3 rings (SSSR count). The van der Waals surface area contributed by atoms with Gasteiger partial charge in [-0.05, 0) is 55.5 Å². The van der Waals surface area contributed by atoms with Gasteiger partial charge in [0.1, 0.15) is 5.75 Å². The largest absolute Gasteiger partial charge is 0.494 e. The zero-order chi connectivity index (χ0) is 18.7. The number of hydrogen-bond donors (Lipinski definition) is 0. The fraction of sp³-hybridized carbons (Fsp3) is 0.400. The molecule has 1 aromatic carbocycles. The molecule has 5 nitrogen and oxygen atoms in total. The first-order valence-corrected chi connectivity index (χ1v) is 9.75. The topological polar surface area (TPSA) is 49.9 Å². The molecule has 1 aliphatic rings. The molecular weight excluding hydrogens is 348 g/mol. The Balaban J connectivity index is 1.67. The normalized spacial score (nSPS) is 14.4. The van der Waals surface area contributed by atoms with Gasteiger partial charge in [-0.2, -0.15) is 0 Å². The Labute approximate surface area is 158 Å². The molecule has 1 fully saturated rings. The monoisotopic (exact) mass is 372 g/mol. The first-order valence-electron chi connectivity index (χ1n) is 8.87. The predicted molar refractivity (Wildman–Crippen MR) is 103 cm³/mol. The molecule has 0 atom stereocenters. The Morgan fingerprint density at radius 3 is 2.27 bits per heavy atom. The molecule has 1 saturated heterocycles. The van der Waals surface area contributed by atoms with Gasteiger partial charge >= 0.3 is 0 Å². The number of carbonyl (C=O) groups excluding carboxylic acids is 2. The van der Waals surface area contributed by atoms with Crippen molar-refractivity contribution in [2.45, 2.75) is 20.8 Å². The van der Waals surface area contributed by atoms with E-state index in [1.807, 2.05) is 60.2 Å². The predicted octanol–water partition coefficient (Wildman–Crippen LogP) is 3.36. The minimum absolute atomic E-state index is 0.0249. The fourth-order valence-corrected chi connectivity index (χ4v) is 3.86. The molecule has 0 unspecified atom stereocenters. The average molecular weight is 372 g/mol. The van der Waals surface area contributed by atoms with Crippen LogP contribution in [0.25, 0.3) is 0 Å². The van der Waals surface area contributed by atoms with Crippen LogP contribution in [0.3, 0.4) is 0 Å². The number of thiophene rings is 1. The molecule has 0 N–H and O–H groups in total. The lowest BCUT2D eigenvalue weighted by molar-refractivity contribution is 0.0537. The van der Waals surface area contributed by atoms with Gasteiger partial charge < -0.3 is 14.5 Å². The van der Waals surface area contributed by atoms with Crippen molar-refractivity contribution >= 4 is 23.2 Å². The van der Waals surface area contributed by atoms with Crippen molar-refractivity contribution in [1.29, 1.82) is 0 Å². The van der Waals surface area contributed by atoms with Crippen molar-refractivity contribution in [3.8, 4) is 5.75 Å². The van der Waals surface area contributed by atoms with Crippen LogP contribution in [-0.2, 0) is 0 Å². The van der Waals surface area contributed by atoms with Crippen LogP contribution >= 0.6 is 11.3 Å². The number of nitrogens with zero attached hydrogens (tertiary/aromatic N) is 2. The number of piperazine rings is 1. The van der Waals surface area contributed by atoms with E-state index in [0.717, 1.165) is 21.8 Å². The summed E-state index contributed by atoms with van der Waals surface area (Å²) >= 11 is 1.45. The van der Waals surface area contributed by atoms with Gasteiger partial charge in [-0.3, -0.25) is 9.59 Å². The molecule has 2 heterocycles. The van der Waals surface area contributed by atoms with Crippen molar-refractivity contribution in [1.82, 2.24) is 9.80 Å². The van der Waals surface area contributed by atoms with Crippen LogP contribution in [0.4, 0.5) is 0 Å². The summed E-state index contributed by atoms with van der Waals surface area (Å²) < 4.78 is 5.61. The van der Waals surface area contributed by atoms with Gasteiger partial charge in [-0.15, -0.1) is 11.3 Å². The highest BCUT2D eigenvalue weighted by atomic mass is 32.1. The molecule has 0 saturated carbocycles. The van der Waals surface area contributed by atoms with E-state index in [4.69, 9.17) is 4.74 Å². The summed E-state index contributed by atoms with van der Waals surface area (Å²) in [7, 11) is 0. The molecule has 1 aromatic heterocycles. The van der Waals surface area contributed by atoms with E-state index < -0.39 is 0 Å². The zero-order valence-electron chi connectivity index (χ0n) is 15.4. The van der Waals surface area contributed by atoms with Gasteiger partial charge in [0.15, 0.2) is 0 Å². The van der Waals surface area contributed by atoms with Crippen molar-refractivity contribution in [3.05, 3.63) is 51.2 Å². The summed E-state index contributed by atoms with van der Waals surface area (Å²) in [6.45, 7) is 8.70. The Kier molecular flexibility index (Phi) is 5.61. The second kappa shape index (κ2) is 7.91. The molecule has 26 heavy (non-hydrogen) atoms.